The van der Waals surface area contributed by atoms with Crippen molar-refractivity contribution in [3.05, 3.63) is 41.4 Å². The number of halogens is 1. The summed E-state index contributed by atoms with van der Waals surface area (Å²) in [5.74, 6) is 0. The molecule has 28 heavy (non-hydrogen) atoms. The first-order valence-corrected chi connectivity index (χ1v) is 12.3. The molecule has 0 amide bonds. The number of benzene rings is 1. The third-order valence-electron chi connectivity index (χ3n) is 5.08. The van der Waals surface area contributed by atoms with Gasteiger partial charge in [0.05, 0.1) is 11.0 Å². The van der Waals surface area contributed by atoms with Crippen LogP contribution in [-0.2, 0) is 14.8 Å². The number of rotatable bonds is 12. The number of ether oxygens (including phenoxy) is 1. The largest absolute Gasteiger partial charge is 0.378 e. The molecule has 2 rings (SSSR count). The van der Waals surface area contributed by atoms with Crippen LogP contribution in [0.25, 0.3) is 0 Å². The molecule has 0 aromatic heterocycles. The van der Waals surface area contributed by atoms with E-state index < -0.39 is 10.0 Å². The van der Waals surface area contributed by atoms with Gasteiger partial charge in [-0.05, 0) is 63.5 Å². The Morgan fingerprint density at radius 2 is 1.82 bits per heavy atom. The van der Waals surface area contributed by atoms with Gasteiger partial charge < -0.3 is 9.64 Å². The second-order valence-corrected chi connectivity index (χ2v) is 10.2. The summed E-state index contributed by atoms with van der Waals surface area (Å²) in [7, 11) is -1.28. The molecule has 158 valence electrons. The average Bonchev–Trinajstić information content (AvgIpc) is 2.68. The van der Waals surface area contributed by atoms with Crippen LogP contribution in [0, 0.1) is 0 Å². The molecule has 7 heteroatoms. The van der Waals surface area contributed by atoms with Crippen LogP contribution in [0.3, 0.4) is 0 Å². The van der Waals surface area contributed by atoms with Gasteiger partial charge in [-0.2, -0.15) is 4.31 Å². The van der Waals surface area contributed by atoms with E-state index in [1.54, 1.807) is 28.6 Å². The Hall–Kier alpha value is -0.730. The maximum absolute atomic E-state index is 12.7. The normalized spacial score (nSPS) is 16.5. The Balaban J connectivity index is 1.61. The summed E-state index contributed by atoms with van der Waals surface area (Å²) in [5.41, 5.74) is 0. The maximum Gasteiger partial charge on any atom is 0.243 e. The molecule has 0 radical (unpaired) electrons. The molecule has 0 aliphatic carbocycles. The fourth-order valence-corrected chi connectivity index (χ4v) is 5.13. The lowest BCUT2D eigenvalue weighted by molar-refractivity contribution is 0.0192. The smallest absolute Gasteiger partial charge is 0.243 e. The monoisotopic (exact) mass is 472 g/mol. The second-order valence-electron chi connectivity index (χ2n) is 7.39. The Labute approximate surface area is 178 Å². The molecule has 1 aromatic rings. The minimum atomic E-state index is -3.40. The van der Waals surface area contributed by atoms with E-state index in [2.05, 4.69) is 34.5 Å². The van der Waals surface area contributed by atoms with Crippen molar-refractivity contribution in [2.75, 3.05) is 39.8 Å². The molecule has 0 N–H and O–H groups in total. The first-order chi connectivity index (χ1) is 13.4. The predicted molar refractivity (Wildman–Crippen MR) is 118 cm³/mol. The maximum atomic E-state index is 12.7. The Kier molecular flexibility index (Phi) is 10.2. The van der Waals surface area contributed by atoms with E-state index in [0.29, 0.717) is 18.0 Å². The Morgan fingerprint density at radius 3 is 2.46 bits per heavy atom. The third-order valence-corrected chi connectivity index (χ3v) is 7.52. The van der Waals surface area contributed by atoms with E-state index in [1.165, 1.54) is 19.3 Å². The van der Waals surface area contributed by atoms with Crippen molar-refractivity contribution in [1.82, 2.24) is 9.21 Å². The van der Waals surface area contributed by atoms with Gasteiger partial charge in [-0.3, -0.25) is 0 Å². The van der Waals surface area contributed by atoms with Crippen LogP contribution < -0.4 is 0 Å². The van der Waals surface area contributed by atoms with Gasteiger partial charge in [-0.25, -0.2) is 8.42 Å². The third kappa shape index (κ3) is 7.59. The number of unbranched alkanes of at least 4 members (excludes halogenated alkanes) is 3. The first-order valence-electron chi connectivity index (χ1n) is 10.1. The van der Waals surface area contributed by atoms with E-state index in [0.717, 1.165) is 43.4 Å². The van der Waals surface area contributed by atoms with Gasteiger partial charge >= 0.3 is 0 Å². The van der Waals surface area contributed by atoms with E-state index >= 15 is 0 Å². The molecule has 1 saturated heterocycles. The van der Waals surface area contributed by atoms with Crippen LogP contribution in [0.15, 0.2) is 46.3 Å². The van der Waals surface area contributed by atoms with Crippen LogP contribution in [0.2, 0.25) is 0 Å². The Bertz CT molecular complexity index is 686. The summed E-state index contributed by atoms with van der Waals surface area (Å²) in [6.45, 7) is 7.63. The van der Waals surface area contributed by atoms with E-state index in [9.17, 15) is 8.42 Å². The van der Waals surface area contributed by atoms with Crippen LogP contribution in [0.4, 0.5) is 0 Å². The number of hydrogen-bond donors (Lipinski definition) is 0. The number of nitrogens with zero attached hydrogens (tertiary/aromatic N) is 2. The van der Waals surface area contributed by atoms with Gasteiger partial charge in [0.2, 0.25) is 10.0 Å². The fourth-order valence-electron chi connectivity index (χ4n) is 3.39. The van der Waals surface area contributed by atoms with E-state index in [-0.39, 0.29) is 6.10 Å². The summed E-state index contributed by atoms with van der Waals surface area (Å²) in [4.78, 5) is 2.63. The number of sulfonamides is 1. The van der Waals surface area contributed by atoms with E-state index in [1.807, 2.05) is 6.08 Å². The number of hydrogen-bond acceptors (Lipinski definition) is 4. The summed E-state index contributed by atoms with van der Waals surface area (Å²) >= 11 is 3.34. The first kappa shape index (κ1) is 23.5. The Morgan fingerprint density at radius 1 is 1.18 bits per heavy atom. The number of likely N-dealkylation sites (N-methyl/N-ethyl adjacent to an activating group) is 1. The van der Waals surface area contributed by atoms with Gasteiger partial charge in [0, 0.05) is 30.7 Å². The molecular formula is C21H33BrN2O3S. The fraction of sp³-hybridized carbons (Fsp3) is 0.619. The minimum absolute atomic E-state index is 0.176. The molecule has 1 fully saturated rings. The van der Waals surface area contributed by atoms with Crippen LogP contribution >= 0.6 is 15.9 Å². The minimum Gasteiger partial charge on any atom is -0.378 e. The van der Waals surface area contributed by atoms with Gasteiger partial charge in [0.15, 0.2) is 0 Å². The zero-order chi connectivity index (χ0) is 20.4. The zero-order valence-electron chi connectivity index (χ0n) is 16.9. The highest BCUT2D eigenvalue weighted by Crippen LogP contribution is 2.23. The summed E-state index contributed by atoms with van der Waals surface area (Å²) in [6, 6.07) is 6.83. The van der Waals surface area contributed by atoms with Crippen LogP contribution in [0.1, 0.15) is 38.5 Å². The van der Waals surface area contributed by atoms with Crippen LogP contribution in [0.5, 0.6) is 0 Å². The molecule has 1 aromatic carbocycles. The molecule has 0 unspecified atom stereocenters. The summed E-state index contributed by atoms with van der Waals surface area (Å²) in [6.07, 6.45) is 8.32. The van der Waals surface area contributed by atoms with Crippen molar-refractivity contribution in [2.24, 2.45) is 0 Å². The lowest BCUT2D eigenvalue weighted by atomic mass is 10.1. The lowest BCUT2D eigenvalue weighted by Gasteiger charge is -2.31. The highest BCUT2D eigenvalue weighted by atomic mass is 79.9. The highest BCUT2D eigenvalue weighted by Gasteiger charge is 2.29. The van der Waals surface area contributed by atoms with Crippen molar-refractivity contribution >= 4 is 26.0 Å². The summed E-state index contributed by atoms with van der Waals surface area (Å²) < 4.78 is 33.9. The van der Waals surface area contributed by atoms with Gasteiger partial charge in [0.25, 0.3) is 0 Å². The quantitative estimate of drug-likeness (QED) is 0.336. The molecule has 0 spiro atoms. The van der Waals surface area contributed by atoms with Crippen molar-refractivity contribution < 1.29 is 13.2 Å². The molecule has 0 bridgehead atoms. The lowest BCUT2D eigenvalue weighted by Crippen LogP contribution is -2.40. The number of piperidine rings is 1. The molecule has 0 atom stereocenters. The highest BCUT2D eigenvalue weighted by molar-refractivity contribution is 9.10. The molecule has 1 aliphatic heterocycles. The standard InChI is InChI=1S/C21H33BrN2O3S/c1-3-14-23(2)15-6-4-5-7-18-27-20-12-16-24(17-13-20)28(25,26)21-10-8-19(22)9-11-21/h3,8-11,20H,1,4-7,12-18H2,2H3. The van der Waals surface area contributed by atoms with E-state index in [4.69, 9.17) is 4.74 Å². The van der Waals surface area contributed by atoms with Gasteiger partial charge in [-0.1, -0.05) is 34.8 Å². The SMILES string of the molecule is C=CCN(C)CCCCCCOC1CCN(S(=O)(=O)c2ccc(Br)cc2)CC1. The molecule has 1 heterocycles. The summed E-state index contributed by atoms with van der Waals surface area (Å²) in [5, 5.41) is 0. The van der Waals surface area contributed by atoms with Crippen LogP contribution in [-0.4, -0.2) is 63.6 Å². The van der Waals surface area contributed by atoms with Crippen molar-refractivity contribution in [3.63, 3.8) is 0 Å². The van der Waals surface area contributed by atoms with Gasteiger partial charge in [0.1, 0.15) is 0 Å². The van der Waals surface area contributed by atoms with Crippen molar-refractivity contribution in [1.29, 1.82) is 0 Å². The second kappa shape index (κ2) is 12.1. The average molecular weight is 473 g/mol. The zero-order valence-corrected chi connectivity index (χ0v) is 19.3. The topological polar surface area (TPSA) is 49.9 Å². The predicted octanol–water partition coefficient (Wildman–Crippen LogP) is 4.30. The van der Waals surface area contributed by atoms with Gasteiger partial charge in [-0.15, -0.1) is 6.58 Å². The molecule has 0 saturated carbocycles. The van der Waals surface area contributed by atoms with Crippen molar-refractivity contribution in [2.45, 2.75) is 49.5 Å². The van der Waals surface area contributed by atoms with Crippen molar-refractivity contribution in [3.8, 4) is 0 Å². The molecular weight excluding hydrogens is 440 g/mol. The molecule has 1 aliphatic rings. The molecule has 5 nitrogen and oxygen atoms in total.